The van der Waals surface area contributed by atoms with Crippen LogP contribution in [0.1, 0.15) is 59.6 Å². The molecule has 0 saturated carbocycles. The van der Waals surface area contributed by atoms with Crippen molar-refractivity contribution in [2.24, 2.45) is 0 Å². The number of rotatable bonds is 7. The number of nitrogen functional groups attached to an aromatic ring is 1. The summed E-state index contributed by atoms with van der Waals surface area (Å²) >= 11 is 3.47. The van der Waals surface area contributed by atoms with Crippen molar-refractivity contribution >= 4 is 88.5 Å². The van der Waals surface area contributed by atoms with Gasteiger partial charge >= 0.3 is 30.8 Å². The maximum Gasteiger partial charge on any atom is 1.00 e. The van der Waals surface area contributed by atoms with Gasteiger partial charge in [-0.1, -0.05) is 69.6 Å². The number of esters is 1. The first-order chi connectivity index (χ1) is 26.7. The van der Waals surface area contributed by atoms with Crippen LogP contribution in [0, 0.1) is 13.8 Å². The van der Waals surface area contributed by atoms with Gasteiger partial charge in [0, 0.05) is 59.9 Å². The number of aryl methyl sites for hydroxylation is 2. The fourth-order valence-electron chi connectivity index (χ4n) is 6.62. The summed E-state index contributed by atoms with van der Waals surface area (Å²) in [5.41, 5.74) is 12.6. The van der Waals surface area contributed by atoms with Crippen molar-refractivity contribution in [2.45, 2.75) is 75.4 Å². The van der Waals surface area contributed by atoms with E-state index in [4.69, 9.17) is 10.5 Å². The van der Waals surface area contributed by atoms with Crippen LogP contribution >= 0.6 is 15.9 Å². The van der Waals surface area contributed by atoms with E-state index in [-0.39, 0.29) is 65.9 Å². The first-order valence-corrected chi connectivity index (χ1v) is 19.8. The number of nitrogens with zero attached hydrogens (tertiary/aromatic N) is 4. The first kappa shape index (κ1) is 59.4. The van der Waals surface area contributed by atoms with E-state index in [0.29, 0.717) is 50.4 Å². The maximum atomic E-state index is 13.1. The number of nitrogens with two attached hydrogens (primary N) is 1. The van der Waals surface area contributed by atoms with Crippen LogP contribution in [0.5, 0.6) is 0 Å². The largest absolute Gasteiger partial charge is 1.00 e. The third-order valence-corrected chi connectivity index (χ3v) is 9.06. The molecular formula is C44H63BrLiN6O8-. The predicted molar refractivity (Wildman–Crippen MR) is 249 cm³/mol. The molecular weight excluding hydrogens is 827 g/mol. The number of carboxylic acids is 1. The minimum atomic E-state index is -0.977. The average molecular weight is 891 g/mol. The van der Waals surface area contributed by atoms with Crippen LogP contribution in [0.15, 0.2) is 74.7 Å². The fraction of sp³-hybridized carbons (Fsp3) is 0.364. The van der Waals surface area contributed by atoms with Crippen LogP contribution in [0.25, 0.3) is 43.6 Å². The fourth-order valence-corrected chi connectivity index (χ4v) is 6.97. The molecule has 0 aliphatic carbocycles. The van der Waals surface area contributed by atoms with Crippen LogP contribution in [0.2, 0.25) is 0 Å². The first-order valence-electron chi connectivity index (χ1n) is 19.0. The van der Waals surface area contributed by atoms with E-state index in [1.54, 1.807) is 41.8 Å². The maximum absolute atomic E-state index is 13.1. The van der Waals surface area contributed by atoms with Gasteiger partial charge in [0.15, 0.2) is 10.9 Å². The van der Waals surface area contributed by atoms with Gasteiger partial charge in [0.25, 0.3) is 0 Å². The summed E-state index contributed by atoms with van der Waals surface area (Å²) in [6, 6.07) is 17.9. The molecule has 326 valence electrons. The number of fused-ring (bicyclic) bond motifs is 4. The third-order valence-electron chi connectivity index (χ3n) is 8.57. The van der Waals surface area contributed by atoms with Crippen LogP contribution in [-0.4, -0.2) is 71.9 Å². The summed E-state index contributed by atoms with van der Waals surface area (Å²) in [6.45, 7) is 17.8. The number of carboxylic acid groups (broad SMARTS) is 1. The number of ether oxygens (including phenoxy) is 1. The van der Waals surface area contributed by atoms with Crippen molar-refractivity contribution < 1.29 is 49.2 Å². The number of aromatic nitrogens is 2. The Labute approximate surface area is 373 Å². The molecule has 16 heteroatoms. The standard InChI is InChI=1S/C20H21BrN2O3.C18H19N3O3.3C2H6.Li.H3N.2H2O/c1-5-26-17(24)11-23-16-10-13(21)7-9-14(16)20(25)15-8-6-12(2)18(19(15)23)22(3)4;1-10-4-6-13-17(16(10)20(2)3)21(9-15(22)23)14-8-11(19)5-7-12(14)18(13)24;3*1-2;;;;/h6-10H,5,11H2,1-4H3;4-8H,9,19H2,1-3H3,(H,22,23);3*1-2H3;;1H3;2*1H2/q;;;;;+1;;;/p-2. The zero-order chi connectivity index (χ0) is 42.6. The molecule has 4 aromatic carbocycles. The summed E-state index contributed by atoms with van der Waals surface area (Å²) in [5.74, 6) is -1.31. The molecule has 6 aromatic rings. The van der Waals surface area contributed by atoms with Gasteiger partial charge in [0.05, 0.1) is 40.0 Å². The molecule has 2 aromatic heterocycles. The van der Waals surface area contributed by atoms with Crippen LogP contribution in [0.3, 0.4) is 0 Å². The molecule has 0 saturated heterocycles. The van der Waals surface area contributed by atoms with Gasteiger partial charge in [-0.25, -0.2) is 0 Å². The molecule has 8 N–H and O–H groups in total. The smallest absolute Gasteiger partial charge is 0.870 e. The summed E-state index contributed by atoms with van der Waals surface area (Å²) in [4.78, 5) is 53.6. The van der Waals surface area contributed by atoms with Gasteiger partial charge < -0.3 is 51.6 Å². The van der Waals surface area contributed by atoms with Gasteiger partial charge in [-0.3, -0.25) is 19.2 Å². The number of pyridine rings is 2. The van der Waals surface area contributed by atoms with Gasteiger partial charge in [-0.2, -0.15) is 0 Å². The number of carbonyl (C=O) groups is 2. The van der Waals surface area contributed by atoms with E-state index in [1.165, 1.54) is 0 Å². The van der Waals surface area contributed by atoms with Crippen molar-refractivity contribution in [3.63, 3.8) is 0 Å². The van der Waals surface area contributed by atoms with Crippen molar-refractivity contribution in [1.29, 1.82) is 0 Å². The Bertz CT molecular complexity index is 2470. The number of carbonyl (C=O) groups excluding carboxylic acids is 1. The minimum Gasteiger partial charge on any atom is -0.870 e. The second-order valence-electron chi connectivity index (χ2n) is 12.5. The molecule has 14 nitrogen and oxygen atoms in total. The van der Waals surface area contributed by atoms with E-state index in [1.807, 2.05) is 128 Å². The monoisotopic (exact) mass is 889 g/mol. The molecule has 0 amide bonds. The second kappa shape index (κ2) is 27.1. The zero-order valence-corrected chi connectivity index (χ0v) is 39.3. The number of halogens is 1. The zero-order valence-electron chi connectivity index (χ0n) is 37.7. The topological polar surface area (TPSA) is 235 Å². The van der Waals surface area contributed by atoms with Crippen molar-refractivity contribution in [2.75, 3.05) is 50.3 Å². The summed E-state index contributed by atoms with van der Waals surface area (Å²) in [5, 5.41) is 11.5. The summed E-state index contributed by atoms with van der Waals surface area (Å²) in [7, 11) is 7.62. The molecule has 60 heavy (non-hydrogen) atoms. The van der Waals surface area contributed by atoms with Crippen molar-refractivity contribution in [3.05, 3.63) is 96.7 Å². The molecule has 0 aliphatic heterocycles. The van der Waals surface area contributed by atoms with E-state index in [9.17, 15) is 24.3 Å². The van der Waals surface area contributed by atoms with E-state index >= 15 is 0 Å². The average Bonchev–Trinajstić information content (AvgIpc) is 3.17. The van der Waals surface area contributed by atoms with Gasteiger partial charge in [-0.05, 0) is 80.4 Å². The Kier molecular flexibility index (Phi) is 26.8. The Balaban J connectivity index is -0.000000911. The van der Waals surface area contributed by atoms with E-state index in [0.717, 1.165) is 32.5 Å². The van der Waals surface area contributed by atoms with Crippen LogP contribution < -0.4 is 51.4 Å². The van der Waals surface area contributed by atoms with E-state index in [2.05, 4.69) is 15.9 Å². The predicted octanol–water partition coefficient (Wildman–Crippen LogP) is 5.94. The SMILES string of the molecule is CC.CC.CC.CCOC(=O)Cn1c2cc(Br)ccc2c(=O)c2ccc(C)c(N(C)C)c21.Cc1ccc2c(=O)c3ccc(N)cc3n(CC(=O)O)c2c1N(C)C.N.[Li+].[OH-].[OH-]. The number of hydrogen-bond acceptors (Lipinski definition) is 11. The van der Waals surface area contributed by atoms with Crippen LogP contribution in [-0.2, 0) is 27.4 Å². The molecule has 0 aliphatic rings. The molecule has 0 spiro atoms. The second-order valence-corrected chi connectivity index (χ2v) is 13.4. The Morgan fingerprint density at radius 2 is 1.07 bits per heavy atom. The molecule has 0 atom stereocenters. The Morgan fingerprint density at radius 1 is 0.683 bits per heavy atom. The number of anilines is 3. The molecule has 0 radical (unpaired) electrons. The van der Waals surface area contributed by atoms with Gasteiger partial charge in [0.1, 0.15) is 13.1 Å². The normalized spacial score (nSPS) is 9.57. The summed E-state index contributed by atoms with van der Waals surface area (Å²) in [6.07, 6.45) is 0. The van der Waals surface area contributed by atoms with Crippen molar-refractivity contribution in [3.8, 4) is 0 Å². The van der Waals surface area contributed by atoms with E-state index < -0.39 is 5.97 Å². The molecule has 0 fully saturated rings. The van der Waals surface area contributed by atoms with Gasteiger partial charge in [-0.15, -0.1) is 0 Å². The minimum absolute atomic E-state index is 0. The number of benzene rings is 4. The number of aliphatic carboxylic acids is 1. The Hall–Kier alpha value is -4.88. The van der Waals surface area contributed by atoms with Crippen molar-refractivity contribution in [1.82, 2.24) is 15.3 Å². The molecule has 0 bridgehead atoms. The number of hydrogen-bond donors (Lipinski definition) is 3. The van der Waals surface area contributed by atoms with Crippen LogP contribution in [0.4, 0.5) is 17.1 Å². The molecule has 6 rings (SSSR count). The molecule has 0 unspecified atom stereocenters. The van der Waals surface area contributed by atoms with Gasteiger partial charge in [0.2, 0.25) is 0 Å². The molecule has 2 heterocycles. The Morgan fingerprint density at radius 3 is 1.47 bits per heavy atom. The third kappa shape index (κ3) is 12.8. The quantitative estimate of drug-likeness (QED) is 0.0731. The summed E-state index contributed by atoms with van der Waals surface area (Å²) < 4.78 is 9.56.